The topological polar surface area (TPSA) is 75.4 Å². The van der Waals surface area contributed by atoms with Crippen molar-refractivity contribution in [3.05, 3.63) is 23.8 Å². The SMILES string of the molecule is Cc1ccn2c(C(=O)N[C@H]3CCCN(CC4CCCCC4)C3)nnc2n1. The monoisotopic (exact) mass is 356 g/mol. The van der Waals surface area contributed by atoms with Crippen LogP contribution in [0.1, 0.15) is 61.3 Å². The molecule has 0 radical (unpaired) electrons. The summed E-state index contributed by atoms with van der Waals surface area (Å²) in [4.78, 5) is 19.5. The first kappa shape index (κ1) is 17.4. The fraction of sp³-hybridized carbons (Fsp3) is 0.684. The van der Waals surface area contributed by atoms with Crippen LogP contribution < -0.4 is 5.32 Å². The molecule has 26 heavy (non-hydrogen) atoms. The van der Waals surface area contributed by atoms with Gasteiger partial charge >= 0.3 is 0 Å². The average Bonchev–Trinajstić information content (AvgIpc) is 3.06. The predicted molar refractivity (Wildman–Crippen MR) is 99.0 cm³/mol. The van der Waals surface area contributed by atoms with Gasteiger partial charge in [-0.15, -0.1) is 10.2 Å². The Bertz CT molecular complexity index is 766. The fourth-order valence-corrected chi connectivity index (χ4v) is 4.35. The van der Waals surface area contributed by atoms with Crippen LogP contribution in [0, 0.1) is 12.8 Å². The maximum Gasteiger partial charge on any atom is 0.289 e. The van der Waals surface area contributed by atoms with E-state index >= 15 is 0 Å². The number of aryl methyl sites for hydroxylation is 1. The molecule has 0 aromatic carbocycles. The third kappa shape index (κ3) is 3.87. The van der Waals surface area contributed by atoms with Gasteiger partial charge < -0.3 is 10.2 Å². The lowest BCUT2D eigenvalue weighted by Crippen LogP contribution is -2.49. The average molecular weight is 356 g/mol. The molecule has 1 aliphatic heterocycles. The number of carbonyl (C=O) groups excluding carboxylic acids is 1. The molecule has 1 aliphatic carbocycles. The smallest absolute Gasteiger partial charge is 0.289 e. The summed E-state index contributed by atoms with van der Waals surface area (Å²) >= 11 is 0. The first-order valence-corrected chi connectivity index (χ1v) is 9.90. The molecule has 2 aromatic heterocycles. The minimum atomic E-state index is -0.160. The lowest BCUT2D eigenvalue weighted by atomic mass is 9.88. The summed E-state index contributed by atoms with van der Waals surface area (Å²) in [5.74, 6) is 1.47. The van der Waals surface area contributed by atoms with Crippen LogP contribution >= 0.6 is 0 Å². The minimum absolute atomic E-state index is 0.160. The van der Waals surface area contributed by atoms with Crippen LogP contribution in [0.4, 0.5) is 0 Å². The summed E-state index contributed by atoms with van der Waals surface area (Å²) in [7, 11) is 0. The van der Waals surface area contributed by atoms with Gasteiger partial charge in [0.05, 0.1) is 0 Å². The molecule has 1 atom stereocenters. The Labute approximate surface area is 154 Å². The van der Waals surface area contributed by atoms with E-state index in [1.54, 1.807) is 4.40 Å². The van der Waals surface area contributed by atoms with Crippen LogP contribution in [0.3, 0.4) is 0 Å². The minimum Gasteiger partial charge on any atom is -0.345 e. The van der Waals surface area contributed by atoms with Gasteiger partial charge in [-0.25, -0.2) is 4.98 Å². The van der Waals surface area contributed by atoms with Crippen LogP contribution in [0.2, 0.25) is 0 Å². The number of nitrogens with one attached hydrogen (secondary N) is 1. The predicted octanol–water partition coefficient (Wildman–Crippen LogP) is 2.21. The Kier molecular flexibility index (Phi) is 5.15. The molecule has 0 bridgehead atoms. The normalized spacial score (nSPS) is 22.6. The maximum absolute atomic E-state index is 12.7. The number of piperidine rings is 1. The number of amides is 1. The third-order valence-corrected chi connectivity index (χ3v) is 5.70. The summed E-state index contributed by atoms with van der Waals surface area (Å²) in [6.45, 7) is 5.18. The summed E-state index contributed by atoms with van der Waals surface area (Å²) < 4.78 is 1.66. The van der Waals surface area contributed by atoms with E-state index in [0.717, 1.165) is 37.5 Å². The molecular weight excluding hydrogens is 328 g/mol. The van der Waals surface area contributed by atoms with Gasteiger partial charge in [0.2, 0.25) is 5.82 Å². The number of rotatable bonds is 4. The second-order valence-corrected chi connectivity index (χ2v) is 7.84. The first-order valence-electron chi connectivity index (χ1n) is 9.90. The number of likely N-dealkylation sites (tertiary alicyclic amines) is 1. The molecular formula is C19H28N6O. The number of fused-ring (bicyclic) bond motifs is 1. The Morgan fingerprint density at radius 3 is 2.88 bits per heavy atom. The van der Waals surface area contributed by atoms with Gasteiger partial charge in [0.15, 0.2) is 0 Å². The lowest BCUT2D eigenvalue weighted by Gasteiger charge is -2.36. The number of carbonyl (C=O) groups is 1. The highest BCUT2D eigenvalue weighted by atomic mass is 16.2. The van der Waals surface area contributed by atoms with E-state index < -0.39 is 0 Å². The number of aromatic nitrogens is 4. The molecule has 3 heterocycles. The van der Waals surface area contributed by atoms with Crippen molar-refractivity contribution in [1.29, 1.82) is 0 Å². The van der Waals surface area contributed by atoms with Crippen LogP contribution in [0.15, 0.2) is 12.3 Å². The van der Waals surface area contributed by atoms with Crippen LogP contribution in [-0.4, -0.2) is 56.1 Å². The first-order chi connectivity index (χ1) is 12.7. The molecule has 1 saturated heterocycles. The second-order valence-electron chi connectivity index (χ2n) is 7.84. The molecule has 4 rings (SSSR count). The highest BCUT2D eigenvalue weighted by molar-refractivity contribution is 5.91. The molecule has 140 valence electrons. The molecule has 1 N–H and O–H groups in total. The van der Waals surface area contributed by atoms with Crippen molar-refractivity contribution in [1.82, 2.24) is 29.8 Å². The standard InChI is InChI=1S/C19H28N6O/c1-14-9-11-25-17(22-23-19(25)20-14)18(26)21-16-8-5-10-24(13-16)12-15-6-3-2-4-7-15/h9,11,15-16H,2-8,10,12-13H2,1H3,(H,21,26)/t16-/m0/s1. The molecule has 1 amide bonds. The molecule has 2 aliphatic rings. The van der Waals surface area contributed by atoms with Crippen LogP contribution in [-0.2, 0) is 0 Å². The van der Waals surface area contributed by atoms with Crippen molar-refractivity contribution in [3.8, 4) is 0 Å². The Hall–Kier alpha value is -2.02. The molecule has 2 fully saturated rings. The number of hydrogen-bond acceptors (Lipinski definition) is 5. The summed E-state index contributed by atoms with van der Waals surface area (Å²) in [6, 6.07) is 2.05. The number of hydrogen-bond donors (Lipinski definition) is 1. The highest BCUT2D eigenvalue weighted by Gasteiger charge is 2.26. The lowest BCUT2D eigenvalue weighted by molar-refractivity contribution is 0.0878. The molecule has 7 heteroatoms. The quantitative estimate of drug-likeness (QED) is 0.909. The zero-order valence-corrected chi connectivity index (χ0v) is 15.5. The highest BCUT2D eigenvalue weighted by Crippen LogP contribution is 2.25. The van der Waals surface area contributed by atoms with Crippen molar-refractivity contribution in [2.45, 2.75) is 57.9 Å². The van der Waals surface area contributed by atoms with Gasteiger partial charge in [0.25, 0.3) is 11.7 Å². The van der Waals surface area contributed by atoms with E-state index in [2.05, 4.69) is 25.4 Å². The van der Waals surface area contributed by atoms with Crippen molar-refractivity contribution < 1.29 is 4.79 Å². The van der Waals surface area contributed by atoms with Gasteiger partial charge in [-0.2, -0.15) is 0 Å². The van der Waals surface area contributed by atoms with Crippen molar-refractivity contribution >= 4 is 11.7 Å². The molecule has 2 aromatic rings. The van der Waals surface area contributed by atoms with E-state index in [-0.39, 0.29) is 11.9 Å². The van der Waals surface area contributed by atoms with E-state index in [9.17, 15) is 4.79 Å². The second kappa shape index (κ2) is 7.70. The van der Waals surface area contributed by atoms with Gasteiger partial charge in [-0.1, -0.05) is 19.3 Å². The molecule has 1 saturated carbocycles. The van der Waals surface area contributed by atoms with Crippen molar-refractivity contribution in [2.24, 2.45) is 5.92 Å². The number of nitrogens with zero attached hydrogens (tertiary/aromatic N) is 5. The van der Waals surface area contributed by atoms with E-state index in [1.165, 1.54) is 38.6 Å². The van der Waals surface area contributed by atoms with Gasteiger partial charge in [0, 0.05) is 31.0 Å². The van der Waals surface area contributed by atoms with Gasteiger partial charge in [-0.05, 0) is 51.1 Å². The van der Waals surface area contributed by atoms with E-state index in [1.807, 2.05) is 19.2 Å². The zero-order chi connectivity index (χ0) is 17.9. The third-order valence-electron chi connectivity index (χ3n) is 5.70. The van der Waals surface area contributed by atoms with Crippen molar-refractivity contribution in [2.75, 3.05) is 19.6 Å². The Morgan fingerprint density at radius 1 is 1.19 bits per heavy atom. The fourth-order valence-electron chi connectivity index (χ4n) is 4.35. The van der Waals surface area contributed by atoms with Crippen molar-refractivity contribution in [3.63, 3.8) is 0 Å². The van der Waals surface area contributed by atoms with E-state index in [0.29, 0.717) is 11.6 Å². The molecule has 0 unspecified atom stereocenters. The summed E-state index contributed by atoms with van der Waals surface area (Å²) in [5.41, 5.74) is 0.863. The van der Waals surface area contributed by atoms with Gasteiger partial charge in [0.1, 0.15) is 0 Å². The molecule has 0 spiro atoms. The van der Waals surface area contributed by atoms with E-state index in [4.69, 9.17) is 0 Å². The van der Waals surface area contributed by atoms with Crippen LogP contribution in [0.25, 0.3) is 5.78 Å². The maximum atomic E-state index is 12.7. The largest absolute Gasteiger partial charge is 0.345 e. The van der Waals surface area contributed by atoms with Crippen LogP contribution in [0.5, 0.6) is 0 Å². The summed E-state index contributed by atoms with van der Waals surface area (Å²) in [6.07, 6.45) is 10.9. The summed E-state index contributed by atoms with van der Waals surface area (Å²) in [5, 5.41) is 11.2. The Balaban J connectivity index is 1.37. The molecule has 7 nitrogen and oxygen atoms in total. The zero-order valence-electron chi connectivity index (χ0n) is 15.5. The van der Waals surface area contributed by atoms with Gasteiger partial charge in [-0.3, -0.25) is 9.20 Å². The Morgan fingerprint density at radius 2 is 2.04 bits per heavy atom.